The quantitative estimate of drug-likeness (QED) is 0.839. The van der Waals surface area contributed by atoms with Gasteiger partial charge in [0.1, 0.15) is 12.1 Å². The van der Waals surface area contributed by atoms with Crippen LogP contribution in [0, 0.1) is 5.92 Å². The van der Waals surface area contributed by atoms with Crippen LogP contribution in [0.5, 0.6) is 0 Å². The predicted molar refractivity (Wildman–Crippen MR) is 86.3 cm³/mol. The van der Waals surface area contributed by atoms with Crippen LogP contribution in [0.1, 0.15) is 63.1 Å². The van der Waals surface area contributed by atoms with Crippen molar-refractivity contribution in [3.63, 3.8) is 0 Å². The lowest BCUT2D eigenvalue weighted by Gasteiger charge is -2.40. The summed E-state index contributed by atoms with van der Waals surface area (Å²) in [6, 6.07) is 0. The first-order chi connectivity index (χ1) is 10.2. The minimum absolute atomic E-state index is 0.0338. The molecule has 3 N–H and O–H groups in total. The molecule has 0 bridgehead atoms. The Morgan fingerprint density at radius 2 is 2.10 bits per heavy atom. The molecule has 1 saturated carbocycles. The maximum Gasteiger partial charge on any atom is 0.133 e. The summed E-state index contributed by atoms with van der Waals surface area (Å²) in [5, 5.41) is 3.75. The molecule has 0 aromatic carbocycles. The van der Waals surface area contributed by atoms with Gasteiger partial charge < -0.3 is 11.1 Å². The maximum atomic E-state index is 6.15. The van der Waals surface area contributed by atoms with E-state index in [4.69, 9.17) is 5.73 Å². The van der Waals surface area contributed by atoms with Gasteiger partial charge in [0.15, 0.2) is 0 Å². The number of rotatable bonds is 3. The summed E-state index contributed by atoms with van der Waals surface area (Å²) in [6.07, 6.45) is 12.6. The molecule has 21 heavy (non-hydrogen) atoms. The molecule has 1 fully saturated rings. The normalized spacial score (nSPS) is 29.5. The summed E-state index contributed by atoms with van der Waals surface area (Å²) in [5.41, 5.74) is 8.78. The van der Waals surface area contributed by atoms with Crippen molar-refractivity contribution in [2.75, 3.05) is 11.9 Å². The minimum atomic E-state index is 0.0338. The Labute approximate surface area is 127 Å². The Kier molecular flexibility index (Phi) is 4.43. The zero-order valence-electron chi connectivity index (χ0n) is 13.2. The minimum Gasteiger partial charge on any atom is -0.363 e. The van der Waals surface area contributed by atoms with Crippen molar-refractivity contribution in [1.29, 1.82) is 0 Å². The zero-order chi connectivity index (χ0) is 14.7. The van der Waals surface area contributed by atoms with E-state index in [0.717, 1.165) is 37.4 Å². The van der Waals surface area contributed by atoms with E-state index >= 15 is 0 Å². The number of hydrogen-bond donors (Lipinski definition) is 2. The smallest absolute Gasteiger partial charge is 0.133 e. The standard InChI is InChI=1S/C17H28N4/c1-13-6-5-9-17(10-13,11-18)21-16-14-7-3-2-4-8-15(14)19-12-20-16/h12-13H,2-11,18H2,1H3,(H,19,20,21). The van der Waals surface area contributed by atoms with Crippen molar-refractivity contribution in [3.05, 3.63) is 17.6 Å². The molecule has 2 aliphatic carbocycles. The van der Waals surface area contributed by atoms with Crippen molar-refractivity contribution in [1.82, 2.24) is 9.97 Å². The van der Waals surface area contributed by atoms with Gasteiger partial charge in [-0.15, -0.1) is 0 Å². The van der Waals surface area contributed by atoms with E-state index in [1.54, 1.807) is 6.33 Å². The highest BCUT2D eigenvalue weighted by Crippen LogP contribution is 2.35. The van der Waals surface area contributed by atoms with Crippen LogP contribution in [-0.2, 0) is 12.8 Å². The number of aromatic nitrogens is 2. The molecule has 2 unspecified atom stereocenters. The monoisotopic (exact) mass is 288 g/mol. The highest BCUT2D eigenvalue weighted by Gasteiger charge is 2.34. The third kappa shape index (κ3) is 3.20. The Hall–Kier alpha value is -1.16. The largest absolute Gasteiger partial charge is 0.363 e. The molecule has 0 radical (unpaired) electrons. The summed E-state index contributed by atoms with van der Waals surface area (Å²) < 4.78 is 0. The summed E-state index contributed by atoms with van der Waals surface area (Å²) in [4.78, 5) is 9.08. The first kappa shape index (κ1) is 14.8. The lowest BCUT2D eigenvalue weighted by molar-refractivity contribution is 0.263. The number of nitrogens with two attached hydrogens (primary N) is 1. The van der Waals surface area contributed by atoms with Crippen LogP contribution in [0.15, 0.2) is 6.33 Å². The lowest BCUT2D eigenvalue weighted by Crippen LogP contribution is -2.49. The van der Waals surface area contributed by atoms with E-state index in [-0.39, 0.29) is 5.54 Å². The van der Waals surface area contributed by atoms with E-state index in [2.05, 4.69) is 22.2 Å². The van der Waals surface area contributed by atoms with Gasteiger partial charge in [-0.25, -0.2) is 9.97 Å². The Morgan fingerprint density at radius 1 is 1.24 bits per heavy atom. The molecule has 0 aliphatic heterocycles. The van der Waals surface area contributed by atoms with Gasteiger partial charge >= 0.3 is 0 Å². The fourth-order valence-electron chi connectivity index (χ4n) is 4.07. The second-order valence-electron chi connectivity index (χ2n) is 7.02. The van der Waals surface area contributed by atoms with E-state index < -0.39 is 0 Å². The third-order valence-corrected chi connectivity index (χ3v) is 5.24. The van der Waals surface area contributed by atoms with E-state index in [1.807, 2.05) is 0 Å². The van der Waals surface area contributed by atoms with Crippen molar-refractivity contribution in [2.24, 2.45) is 11.7 Å². The molecule has 1 heterocycles. The lowest BCUT2D eigenvalue weighted by atomic mass is 9.76. The van der Waals surface area contributed by atoms with E-state index in [9.17, 15) is 0 Å². The Bertz CT molecular complexity index is 488. The second kappa shape index (κ2) is 6.30. The molecular formula is C17H28N4. The third-order valence-electron chi connectivity index (χ3n) is 5.24. The summed E-state index contributed by atoms with van der Waals surface area (Å²) >= 11 is 0. The average molecular weight is 288 g/mol. The second-order valence-corrected chi connectivity index (χ2v) is 7.02. The van der Waals surface area contributed by atoms with Gasteiger partial charge in [-0.2, -0.15) is 0 Å². The zero-order valence-corrected chi connectivity index (χ0v) is 13.2. The molecule has 2 atom stereocenters. The van der Waals surface area contributed by atoms with Crippen molar-refractivity contribution in [3.8, 4) is 0 Å². The summed E-state index contributed by atoms with van der Waals surface area (Å²) in [5.74, 6) is 1.80. The van der Waals surface area contributed by atoms with Crippen LogP contribution >= 0.6 is 0 Å². The van der Waals surface area contributed by atoms with Crippen LogP contribution in [0.2, 0.25) is 0 Å². The van der Waals surface area contributed by atoms with Crippen LogP contribution in [0.4, 0.5) is 5.82 Å². The first-order valence-electron chi connectivity index (χ1n) is 8.53. The molecule has 2 aliphatic rings. The van der Waals surface area contributed by atoms with E-state index in [0.29, 0.717) is 6.54 Å². The van der Waals surface area contributed by atoms with Gasteiger partial charge in [0, 0.05) is 17.8 Å². The molecule has 1 aromatic heterocycles. The van der Waals surface area contributed by atoms with Crippen LogP contribution < -0.4 is 11.1 Å². The molecule has 4 nitrogen and oxygen atoms in total. The summed E-state index contributed by atoms with van der Waals surface area (Å²) in [6.45, 7) is 3.03. The molecule has 1 aromatic rings. The molecule has 3 rings (SSSR count). The molecule has 116 valence electrons. The number of fused-ring (bicyclic) bond motifs is 1. The number of nitrogens with zero attached hydrogens (tertiary/aromatic N) is 2. The highest BCUT2D eigenvalue weighted by atomic mass is 15.1. The van der Waals surface area contributed by atoms with Gasteiger partial charge in [0.2, 0.25) is 0 Å². The molecule has 0 amide bonds. The van der Waals surface area contributed by atoms with Gasteiger partial charge in [-0.1, -0.05) is 26.2 Å². The number of aryl methyl sites for hydroxylation is 1. The molecule has 0 spiro atoms. The molecule has 0 saturated heterocycles. The fraction of sp³-hybridized carbons (Fsp3) is 0.765. The average Bonchev–Trinajstić information content (AvgIpc) is 2.73. The number of nitrogens with one attached hydrogen (secondary N) is 1. The van der Waals surface area contributed by atoms with Gasteiger partial charge in [-0.3, -0.25) is 0 Å². The number of hydrogen-bond acceptors (Lipinski definition) is 4. The van der Waals surface area contributed by atoms with Gasteiger partial charge in [-0.05, 0) is 44.4 Å². The van der Waals surface area contributed by atoms with E-state index in [1.165, 1.54) is 43.4 Å². The first-order valence-corrected chi connectivity index (χ1v) is 8.53. The number of anilines is 1. The molecular weight excluding hydrogens is 260 g/mol. The van der Waals surface area contributed by atoms with Crippen LogP contribution in [-0.4, -0.2) is 22.1 Å². The predicted octanol–water partition coefficient (Wildman–Crippen LogP) is 3.07. The highest BCUT2D eigenvalue weighted by molar-refractivity contribution is 5.49. The Balaban J connectivity index is 1.86. The van der Waals surface area contributed by atoms with Gasteiger partial charge in [0.05, 0.1) is 5.54 Å². The Morgan fingerprint density at radius 3 is 2.90 bits per heavy atom. The fourth-order valence-corrected chi connectivity index (χ4v) is 4.07. The summed E-state index contributed by atoms with van der Waals surface area (Å²) in [7, 11) is 0. The topological polar surface area (TPSA) is 63.8 Å². The maximum absolute atomic E-state index is 6.15. The van der Waals surface area contributed by atoms with Crippen LogP contribution in [0.25, 0.3) is 0 Å². The van der Waals surface area contributed by atoms with Crippen molar-refractivity contribution < 1.29 is 0 Å². The van der Waals surface area contributed by atoms with Crippen LogP contribution in [0.3, 0.4) is 0 Å². The SMILES string of the molecule is CC1CCCC(CN)(Nc2ncnc3c2CCCCC3)C1. The van der Waals surface area contributed by atoms with Crippen molar-refractivity contribution >= 4 is 5.82 Å². The van der Waals surface area contributed by atoms with Crippen molar-refractivity contribution in [2.45, 2.75) is 70.3 Å². The molecule has 4 heteroatoms. The van der Waals surface area contributed by atoms with Gasteiger partial charge in [0.25, 0.3) is 0 Å².